The van der Waals surface area contributed by atoms with Gasteiger partial charge in [-0.15, -0.1) is 0 Å². The topological polar surface area (TPSA) is 29.5 Å². The lowest BCUT2D eigenvalue weighted by atomic mass is 10.0. The highest BCUT2D eigenvalue weighted by Gasteiger charge is 2.29. The van der Waals surface area contributed by atoms with Crippen LogP contribution in [0.3, 0.4) is 0 Å². The maximum atomic E-state index is 12.5. The Morgan fingerprint density at radius 1 is 1.14 bits per heavy atom. The Hall–Kier alpha value is -2.05. The molecule has 0 unspecified atom stereocenters. The molecule has 3 aromatic carbocycles. The van der Waals surface area contributed by atoms with E-state index in [4.69, 9.17) is 40.2 Å². The molecule has 1 fully saturated rings. The van der Waals surface area contributed by atoms with E-state index in [2.05, 4.69) is 0 Å². The number of likely N-dealkylation sites (N-methyl/N-ethyl adjacent to an activating group) is 1. The fourth-order valence-electron chi connectivity index (χ4n) is 3.02. The molecule has 0 radical (unpaired) electrons. The van der Waals surface area contributed by atoms with Gasteiger partial charge in [0.25, 0.3) is 5.91 Å². The van der Waals surface area contributed by atoms with Gasteiger partial charge in [-0.1, -0.05) is 83.6 Å². The molecule has 0 saturated carbocycles. The van der Waals surface area contributed by atoms with Crippen molar-refractivity contribution in [1.82, 2.24) is 4.90 Å². The van der Waals surface area contributed by atoms with Crippen molar-refractivity contribution in [2.75, 3.05) is 7.05 Å². The van der Waals surface area contributed by atoms with Gasteiger partial charge in [0.2, 0.25) is 0 Å². The third-order valence-corrected chi connectivity index (χ3v) is 6.66. The number of carbonyl (C=O) groups is 1. The predicted molar refractivity (Wildman–Crippen MR) is 126 cm³/mol. The summed E-state index contributed by atoms with van der Waals surface area (Å²) in [7, 11) is 1.68. The molecular formula is C22H15Cl2NO2S2. The number of thiocarbonyl (C=S) groups is 1. The summed E-state index contributed by atoms with van der Waals surface area (Å²) in [5, 5.41) is 3.18. The second-order valence-corrected chi connectivity index (χ2v) is 8.98. The Morgan fingerprint density at radius 2 is 1.93 bits per heavy atom. The van der Waals surface area contributed by atoms with Crippen LogP contribution in [0.5, 0.6) is 5.75 Å². The van der Waals surface area contributed by atoms with Gasteiger partial charge in [0, 0.05) is 28.2 Å². The summed E-state index contributed by atoms with van der Waals surface area (Å²) in [5.41, 5.74) is 1.66. The van der Waals surface area contributed by atoms with Crippen LogP contribution in [0.1, 0.15) is 11.1 Å². The van der Waals surface area contributed by atoms with Gasteiger partial charge in [0.1, 0.15) is 16.7 Å². The van der Waals surface area contributed by atoms with Crippen LogP contribution >= 0.6 is 47.2 Å². The molecule has 0 aliphatic carbocycles. The molecule has 1 heterocycles. The van der Waals surface area contributed by atoms with Crippen molar-refractivity contribution in [3.05, 3.63) is 80.7 Å². The zero-order valence-corrected chi connectivity index (χ0v) is 18.5. The lowest BCUT2D eigenvalue weighted by molar-refractivity contribution is -0.121. The zero-order chi connectivity index (χ0) is 20.5. The monoisotopic (exact) mass is 459 g/mol. The third-order valence-electron chi connectivity index (χ3n) is 4.59. The van der Waals surface area contributed by atoms with E-state index in [9.17, 15) is 4.79 Å². The van der Waals surface area contributed by atoms with Gasteiger partial charge >= 0.3 is 0 Å². The third kappa shape index (κ3) is 4.14. The van der Waals surface area contributed by atoms with Crippen molar-refractivity contribution in [2.45, 2.75) is 6.61 Å². The summed E-state index contributed by atoms with van der Waals surface area (Å²) in [6.45, 7) is 0.282. The van der Waals surface area contributed by atoms with Gasteiger partial charge in [-0.25, -0.2) is 0 Å². The Bertz CT molecular complexity index is 1180. The van der Waals surface area contributed by atoms with Crippen molar-refractivity contribution >= 4 is 74.3 Å². The normalized spacial score (nSPS) is 15.6. The number of carbonyl (C=O) groups excluding carboxylic acids is 1. The highest BCUT2D eigenvalue weighted by molar-refractivity contribution is 8.26. The molecule has 1 aliphatic rings. The van der Waals surface area contributed by atoms with Gasteiger partial charge in [0.05, 0.1) is 4.91 Å². The van der Waals surface area contributed by atoms with Crippen LogP contribution in [0.25, 0.3) is 16.8 Å². The minimum Gasteiger partial charge on any atom is -0.488 e. The van der Waals surface area contributed by atoms with Crippen LogP contribution in [0, 0.1) is 0 Å². The largest absolute Gasteiger partial charge is 0.488 e. The first kappa shape index (κ1) is 20.2. The Morgan fingerprint density at radius 3 is 2.66 bits per heavy atom. The van der Waals surface area contributed by atoms with Gasteiger partial charge in [0.15, 0.2) is 0 Å². The first-order valence-corrected chi connectivity index (χ1v) is 10.7. The van der Waals surface area contributed by atoms with Gasteiger partial charge in [-0.05, 0) is 35.0 Å². The molecule has 0 N–H and O–H groups in total. The van der Waals surface area contributed by atoms with E-state index >= 15 is 0 Å². The summed E-state index contributed by atoms with van der Waals surface area (Å²) >= 11 is 18.8. The SMILES string of the molecule is CN1C(=O)/C(=C\c2c(OCc3ccc(Cl)cc3Cl)ccc3ccccc23)SC1=S. The molecule has 3 nitrogen and oxygen atoms in total. The second kappa shape index (κ2) is 8.36. The van der Waals surface area contributed by atoms with Crippen LogP contribution in [0.2, 0.25) is 10.0 Å². The Labute approximate surface area is 188 Å². The van der Waals surface area contributed by atoms with Crippen molar-refractivity contribution in [3.8, 4) is 5.75 Å². The fraction of sp³-hybridized carbons (Fsp3) is 0.0909. The molecule has 4 rings (SSSR count). The van der Waals surface area contributed by atoms with Crippen LogP contribution in [-0.2, 0) is 11.4 Å². The fourth-order valence-corrected chi connectivity index (χ4v) is 4.65. The molecule has 146 valence electrons. The minimum absolute atomic E-state index is 0.111. The Kier molecular flexibility index (Phi) is 5.83. The van der Waals surface area contributed by atoms with Crippen molar-refractivity contribution < 1.29 is 9.53 Å². The molecule has 0 aromatic heterocycles. The number of benzene rings is 3. The predicted octanol–water partition coefficient (Wildman–Crippen LogP) is 6.56. The average Bonchev–Trinajstić information content (AvgIpc) is 2.95. The lowest BCUT2D eigenvalue weighted by Crippen LogP contribution is -2.22. The number of amides is 1. The van der Waals surface area contributed by atoms with Crippen LogP contribution < -0.4 is 4.74 Å². The molecule has 1 saturated heterocycles. The maximum absolute atomic E-state index is 12.5. The molecule has 0 atom stereocenters. The Balaban J connectivity index is 1.75. The van der Waals surface area contributed by atoms with E-state index in [1.165, 1.54) is 16.7 Å². The highest BCUT2D eigenvalue weighted by atomic mass is 35.5. The lowest BCUT2D eigenvalue weighted by Gasteiger charge is -2.13. The van der Waals surface area contributed by atoms with Gasteiger partial charge in [-0.3, -0.25) is 9.69 Å². The van der Waals surface area contributed by atoms with Gasteiger partial charge in [-0.2, -0.15) is 0 Å². The number of nitrogens with zero attached hydrogens (tertiary/aromatic N) is 1. The molecule has 3 aromatic rings. The second-order valence-electron chi connectivity index (χ2n) is 6.46. The minimum atomic E-state index is -0.111. The smallest absolute Gasteiger partial charge is 0.265 e. The number of ether oxygens (including phenoxy) is 1. The van der Waals surface area contributed by atoms with E-state index in [1.807, 2.05) is 48.5 Å². The first-order valence-electron chi connectivity index (χ1n) is 8.74. The first-order chi connectivity index (χ1) is 13.9. The van der Waals surface area contributed by atoms with Gasteiger partial charge < -0.3 is 4.74 Å². The van der Waals surface area contributed by atoms with E-state index in [0.717, 1.165) is 21.9 Å². The van der Waals surface area contributed by atoms with E-state index in [-0.39, 0.29) is 12.5 Å². The molecule has 29 heavy (non-hydrogen) atoms. The summed E-state index contributed by atoms with van der Waals surface area (Å²) < 4.78 is 6.65. The molecule has 1 aliphatic heterocycles. The standard InChI is InChI=1S/C22H15Cl2NO2S2/c1-25-21(26)20(29-22(25)28)11-17-16-5-3-2-4-13(16)7-9-19(17)27-12-14-6-8-15(23)10-18(14)24/h2-11H,12H2,1H3/b20-11+. The van der Waals surface area contributed by atoms with E-state index in [1.54, 1.807) is 19.2 Å². The maximum Gasteiger partial charge on any atom is 0.265 e. The van der Waals surface area contributed by atoms with Crippen molar-refractivity contribution in [2.24, 2.45) is 0 Å². The molecule has 0 bridgehead atoms. The molecule has 1 amide bonds. The number of hydrogen-bond donors (Lipinski definition) is 0. The van der Waals surface area contributed by atoms with E-state index < -0.39 is 0 Å². The molecule has 0 spiro atoms. The zero-order valence-electron chi connectivity index (χ0n) is 15.3. The molecule has 7 heteroatoms. The number of thioether (sulfide) groups is 1. The number of hydrogen-bond acceptors (Lipinski definition) is 4. The molecular weight excluding hydrogens is 445 g/mol. The quantitative estimate of drug-likeness (QED) is 0.326. The number of fused-ring (bicyclic) bond motifs is 1. The average molecular weight is 460 g/mol. The van der Waals surface area contributed by atoms with Crippen LogP contribution in [-0.4, -0.2) is 22.2 Å². The number of rotatable bonds is 4. The summed E-state index contributed by atoms with van der Waals surface area (Å²) in [6.07, 6.45) is 1.85. The van der Waals surface area contributed by atoms with Crippen LogP contribution in [0.15, 0.2) is 59.5 Å². The summed E-state index contributed by atoms with van der Waals surface area (Å²) in [4.78, 5) is 14.6. The van der Waals surface area contributed by atoms with Crippen molar-refractivity contribution in [1.29, 1.82) is 0 Å². The van der Waals surface area contributed by atoms with Crippen LogP contribution in [0.4, 0.5) is 0 Å². The number of halogens is 2. The summed E-state index contributed by atoms with van der Waals surface area (Å²) in [6, 6.07) is 17.2. The summed E-state index contributed by atoms with van der Waals surface area (Å²) in [5.74, 6) is 0.552. The van der Waals surface area contributed by atoms with E-state index in [0.29, 0.717) is 25.0 Å². The van der Waals surface area contributed by atoms with Crippen molar-refractivity contribution in [3.63, 3.8) is 0 Å². The highest BCUT2D eigenvalue weighted by Crippen LogP contribution is 2.37.